The molecule has 0 radical (unpaired) electrons. The van der Waals surface area contributed by atoms with E-state index in [0.29, 0.717) is 0 Å². The second-order valence-electron chi connectivity index (χ2n) is 20.3. The standard InChI is InChI=1S/C67H42B2N4O/c1-41-64-51(68-49-32-16-20-36-55(49)72-53-34-18-14-30-46(53)60-48(42-22-6-2-7-23-42)38-58(62(68)65(60)72)71(64)45-28-12-5-13-29-45)39-52-67(41)74-59-40-57(70(43-24-8-3-9-25-43)44-26-10-4-11-27-44)61-47-31-15-19-35-54(47)73-56-37-21-17-33-50(56)69(52)63(59)66(61)73/h2-40H,1H3. The van der Waals surface area contributed by atoms with Crippen LogP contribution in [0.4, 0.5) is 34.1 Å². The molecule has 4 aliphatic rings. The molecule has 0 unspecified atom stereocenters. The second kappa shape index (κ2) is 14.8. The van der Waals surface area contributed by atoms with Crippen LogP contribution in [0.2, 0.25) is 0 Å². The van der Waals surface area contributed by atoms with Gasteiger partial charge in [-0.05, 0) is 118 Å². The van der Waals surface area contributed by atoms with E-state index in [0.717, 1.165) is 39.8 Å². The smallest absolute Gasteiger partial charge is 0.256 e. The fraction of sp³-hybridized carbons (Fsp3) is 0.0149. The zero-order chi connectivity index (χ0) is 48.3. The van der Waals surface area contributed by atoms with E-state index in [1.807, 2.05) is 0 Å². The van der Waals surface area contributed by atoms with E-state index in [-0.39, 0.29) is 13.4 Å². The van der Waals surface area contributed by atoms with Gasteiger partial charge in [-0.3, -0.25) is 0 Å². The van der Waals surface area contributed by atoms with Gasteiger partial charge in [0.2, 0.25) is 0 Å². The number of benzene rings is 11. The third-order valence-electron chi connectivity index (χ3n) is 16.6. The first-order chi connectivity index (χ1) is 36.7. The normalized spacial score (nSPS) is 13.2. The number of hydrogen-bond donors (Lipinski definition) is 0. The number of nitrogens with zero attached hydrogens (tertiary/aromatic N) is 4. The number of ether oxygens (including phenoxy) is 1. The van der Waals surface area contributed by atoms with Crippen LogP contribution < -0.4 is 47.3 Å². The molecule has 0 N–H and O–H groups in total. The summed E-state index contributed by atoms with van der Waals surface area (Å²) in [5.41, 5.74) is 25.2. The quantitative estimate of drug-likeness (QED) is 0.161. The predicted molar refractivity (Wildman–Crippen MR) is 310 cm³/mol. The van der Waals surface area contributed by atoms with Crippen molar-refractivity contribution in [3.8, 4) is 34.0 Å². The van der Waals surface area contributed by atoms with Gasteiger partial charge in [-0.1, -0.05) is 164 Å². The lowest BCUT2D eigenvalue weighted by Crippen LogP contribution is -2.64. The fourth-order valence-corrected chi connectivity index (χ4v) is 13.9. The summed E-state index contributed by atoms with van der Waals surface area (Å²) >= 11 is 0. The highest BCUT2D eigenvalue weighted by Crippen LogP contribution is 2.51. The molecule has 0 atom stereocenters. The Morgan fingerprint density at radius 3 is 1.58 bits per heavy atom. The van der Waals surface area contributed by atoms with Crippen molar-refractivity contribution >= 4 is 124 Å². The lowest BCUT2D eigenvalue weighted by molar-refractivity contribution is 0.484. The Morgan fingerprint density at radius 1 is 0.432 bits per heavy atom. The Labute approximate surface area is 428 Å². The molecule has 5 nitrogen and oxygen atoms in total. The molecule has 6 heterocycles. The highest BCUT2D eigenvalue weighted by atomic mass is 16.5. The lowest BCUT2D eigenvalue weighted by Gasteiger charge is -2.43. The first-order valence-corrected chi connectivity index (χ1v) is 25.8. The van der Waals surface area contributed by atoms with Gasteiger partial charge in [0.25, 0.3) is 13.4 Å². The van der Waals surface area contributed by atoms with Gasteiger partial charge < -0.3 is 23.7 Å². The maximum absolute atomic E-state index is 7.77. The van der Waals surface area contributed by atoms with Gasteiger partial charge in [-0.25, -0.2) is 0 Å². The van der Waals surface area contributed by atoms with Gasteiger partial charge in [0, 0.05) is 73.0 Å². The maximum atomic E-state index is 7.77. The SMILES string of the molecule is Cc1c2c(cc3c1N(c1ccccc1)c1cc(-c4ccccc4)c4c5ccccc5n5c4c1B3c1ccccc1-5)B1c3ccccc3-n3c4ccccc4c4c(N(c5ccccc5)c5ccccc5)cc(c1c43)O2. The van der Waals surface area contributed by atoms with Crippen LogP contribution in [0.1, 0.15) is 5.56 Å². The zero-order valence-corrected chi connectivity index (χ0v) is 40.4. The van der Waals surface area contributed by atoms with Crippen molar-refractivity contribution < 1.29 is 4.74 Å². The predicted octanol–water partition coefficient (Wildman–Crippen LogP) is 12.9. The minimum Gasteiger partial charge on any atom is -0.458 e. The summed E-state index contributed by atoms with van der Waals surface area (Å²) in [4.78, 5) is 4.98. The Balaban J connectivity index is 1.01. The third-order valence-corrected chi connectivity index (χ3v) is 16.6. The summed E-state index contributed by atoms with van der Waals surface area (Å²) in [5, 5.41) is 4.98. The van der Waals surface area contributed by atoms with Crippen molar-refractivity contribution in [2.24, 2.45) is 0 Å². The fourth-order valence-electron chi connectivity index (χ4n) is 13.9. The zero-order valence-electron chi connectivity index (χ0n) is 40.4. The van der Waals surface area contributed by atoms with E-state index >= 15 is 0 Å². The summed E-state index contributed by atoms with van der Waals surface area (Å²) in [6.07, 6.45) is 0. The van der Waals surface area contributed by atoms with Crippen molar-refractivity contribution in [2.75, 3.05) is 9.80 Å². The molecule has 0 saturated carbocycles. The van der Waals surface area contributed by atoms with E-state index in [1.165, 1.54) is 110 Å². The molecule has 2 aromatic heterocycles. The molecule has 0 spiro atoms. The Hall–Kier alpha value is -9.45. The van der Waals surface area contributed by atoms with Gasteiger partial charge in [0.15, 0.2) is 0 Å². The molecule has 0 saturated heterocycles. The summed E-state index contributed by atoms with van der Waals surface area (Å²) in [6, 6.07) is 87.2. The van der Waals surface area contributed by atoms with Gasteiger partial charge >= 0.3 is 0 Å². The molecule has 13 aromatic rings. The van der Waals surface area contributed by atoms with Gasteiger partial charge in [-0.2, -0.15) is 0 Å². The Kier molecular flexibility index (Phi) is 8.04. The lowest BCUT2D eigenvalue weighted by atomic mass is 9.30. The first-order valence-electron chi connectivity index (χ1n) is 25.8. The number of rotatable bonds is 5. The minimum absolute atomic E-state index is 0.0660. The highest BCUT2D eigenvalue weighted by molar-refractivity contribution is 7.02. The number of anilines is 6. The molecule has 17 rings (SSSR count). The van der Waals surface area contributed by atoms with Crippen LogP contribution in [0.5, 0.6) is 11.5 Å². The Bertz CT molecular complexity index is 4510. The van der Waals surface area contributed by atoms with Crippen LogP contribution in [-0.4, -0.2) is 22.6 Å². The van der Waals surface area contributed by atoms with E-state index in [2.05, 4.69) is 262 Å². The monoisotopic (exact) mass is 940 g/mol. The molecule has 0 aliphatic carbocycles. The highest BCUT2D eigenvalue weighted by Gasteiger charge is 2.48. The first kappa shape index (κ1) is 40.2. The number of aromatic nitrogens is 2. The number of para-hydroxylation sites is 7. The van der Waals surface area contributed by atoms with E-state index in [1.54, 1.807) is 0 Å². The van der Waals surface area contributed by atoms with Crippen molar-refractivity contribution in [3.63, 3.8) is 0 Å². The molecule has 0 amide bonds. The Morgan fingerprint density at radius 2 is 0.946 bits per heavy atom. The number of hydrogen-bond acceptors (Lipinski definition) is 3. The van der Waals surface area contributed by atoms with E-state index in [9.17, 15) is 0 Å². The third kappa shape index (κ3) is 5.15. The summed E-state index contributed by atoms with van der Waals surface area (Å²) in [5.74, 6) is 1.80. The largest absolute Gasteiger partial charge is 0.458 e. The molecule has 7 heteroatoms. The van der Waals surface area contributed by atoms with Gasteiger partial charge in [-0.15, -0.1) is 0 Å². The van der Waals surface area contributed by atoms with Crippen LogP contribution in [0, 0.1) is 6.92 Å². The summed E-state index contributed by atoms with van der Waals surface area (Å²) < 4.78 is 12.9. The molecule has 74 heavy (non-hydrogen) atoms. The van der Waals surface area contributed by atoms with Crippen LogP contribution in [0.25, 0.3) is 66.1 Å². The van der Waals surface area contributed by atoms with E-state index in [4.69, 9.17) is 4.74 Å². The average Bonchev–Trinajstić information content (AvgIpc) is 4.01. The maximum Gasteiger partial charge on any atom is 0.256 e. The van der Waals surface area contributed by atoms with Gasteiger partial charge in [0.1, 0.15) is 11.5 Å². The van der Waals surface area contributed by atoms with Crippen molar-refractivity contribution in [2.45, 2.75) is 6.92 Å². The topological polar surface area (TPSA) is 25.6 Å². The van der Waals surface area contributed by atoms with Crippen LogP contribution in [0.15, 0.2) is 237 Å². The van der Waals surface area contributed by atoms with Gasteiger partial charge in [0.05, 0.1) is 27.8 Å². The second-order valence-corrected chi connectivity index (χ2v) is 20.3. The molecule has 342 valence electrons. The summed E-state index contributed by atoms with van der Waals surface area (Å²) in [6.45, 7) is 2.14. The average molecular weight is 941 g/mol. The van der Waals surface area contributed by atoms with Crippen LogP contribution in [0.3, 0.4) is 0 Å². The van der Waals surface area contributed by atoms with Crippen molar-refractivity contribution in [1.82, 2.24) is 9.13 Å². The summed E-state index contributed by atoms with van der Waals surface area (Å²) in [7, 11) is 0. The van der Waals surface area contributed by atoms with Crippen molar-refractivity contribution in [3.05, 3.63) is 242 Å². The van der Waals surface area contributed by atoms with E-state index < -0.39 is 0 Å². The molecule has 4 aliphatic heterocycles. The van der Waals surface area contributed by atoms with Crippen LogP contribution in [-0.2, 0) is 0 Å². The molecule has 0 fully saturated rings. The minimum atomic E-state index is -0.110. The molecule has 0 bridgehead atoms. The molecular formula is C67H42B2N4O. The number of fused-ring (bicyclic) bond motifs is 16. The van der Waals surface area contributed by atoms with Crippen LogP contribution >= 0.6 is 0 Å². The molecular weight excluding hydrogens is 898 g/mol. The molecule has 11 aromatic carbocycles. The van der Waals surface area contributed by atoms with Crippen molar-refractivity contribution in [1.29, 1.82) is 0 Å².